The highest BCUT2D eigenvalue weighted by Gasteiger charge is 2.30. The van der Waals surface area contributed by atoms with Gasteiger partial charge in [-0.05, 0) is 59.6 Å². The van der Waals surface area contributed by atoms with E-state index >= 15 is 0 Å². The highest BCUT2D eigenvalue weighted by Crippen LogP contribution is 2.42. The van der Waals surface area contributed by atoms with Gasteiger partial charge in [-0.2, -0.15) is 0 Å². The molecule has 64 heavy (non-hydrogen) atoms. The van der Waals surface area contributed by atoms with Crippen molar-refractivity contribution in [3.05, 3.63) is 24.7 Å². The Bertz CT molecular complexity index is 1420. The average Bonchev–Trinajstić information content (AvgIpc) is 3.22. The first kappa shape index (κ1) is 60.7. The Hall–Kier alpha value is -3.29. The van der Waals surface area contributed by atoms with E-state index in [0.29, 0.717) is 12.8 Å². The van der Waals surface area contributed by atoms with Crippen LogP contribution in [0.5, 0.6) is 0 Å². The number of rotatable bonds is 39. The second-order valence-electron chi connectivity index (χ2n) is 14.8. The number of amides is 2. The van der Waals surface area contributed by atoms with Gasteiger partial charge in [0.15, 0.2) is 29.9 Å². The topological polar surface area (TPSA) is 334 Å². The molecule has 0 saturated heterocycles. The zero-order chi connectivity index (χ0) is 48.8. The summed E-state index contributed by atoms with van der Waals surface area (Å²) in [5.41, 5.74) is 0. The Kier molecular flexibility index (Phi) is 32.3. The van der Waals surface area contributed by atoms with Crippen LogP contribution in [0.1, 0.15) is 73.6 Å². The molecular weight excluding hydrogens is 875 g/mol. The summed E-state index contributed by atoms with van der Waals surface area (Å²) in [6.45, 7) is 15.7. The first-order chi connectivity index (χ1) is 30.0. The lowest BCUT2D eigenvalue weighted by molar-refractivity contribution is -0.183. The van der Waals surface area contributed by atoms with Crippen molar-refractivity contribution < 1.29 is 102 Å². The van der Waals surface area contributed by atoms with Crippen LogP contribution in [0.25, 0.3) is 0 Å². The molecule has 0 aliphatic heterocycles. The zero-order valence-corrected chi connectivity index (χ0v) is 38.7. The fraction of sp³-hybridized carbons (Fsp3) is 0.800. The van der Waals surface area contributed by atoms with Crippen molar-refractivity contribution in [1.82, 2.24) is 10.6 Å². The monoisotopic (exact) mass is 948 g/mol. The van der Waals surface area contributed by atoms with Crippen molar-refractivity contribution in [3.8, 4) is 0 Å². The molecule has 23 nitrogen and oxygen atoms in total. The SMILES string of the molecule is C=C(O)C(=O)OCCOCCNC(=O)C(CC)CC(O)CC(C)OCC(COCC(C)C(O)OC(C)C(=O)NCCOCCOC(=O)C(=C)O)OC(CC)CC(O)OC(C)P(=O)(O)O. The Morgan fingerprint density at radius 3 is 1.69 bits per heavy atom. The predicted molar refractivity (Wildman–Crippen MR) is 226 cm³/mol. The Morgan fingerprint density at radius 1 is 0.641 bits per heavy atom. The minimum atomic E-state index is -4.63. The quantitative estimate of drug-likeness (QED) is 0.0103. The van der Waals surface area contributed by atoms with Gasteiger partial charge in [0.1, 0.15) is 25.4 Å². The van der Waals surface area contributed by atoms with Crippen LogP contribution in [-0.2, 0) is 66.4 Å². The van der Waals surface area contributed by atoms with Crippen LogP contribution in [0, 0.1) is 11.8 Å². The van der Waals surface area contributed by atoms with Crippen LogP contribution in [0.3, 0.4) is 0 Å². The minimum Gasteiger partial charge on any atom is -0.502 e. The molecule has 0 rings (SSSR count). The number of nitrogens with one attached hydrogen (secondary N) is 2. The lowest BCUT2D eigenvalue weighted by Crippen LogP contribution is -2.40. The molecule has 10 atom stereocenters. The average molecular weight is 949 g/mol. The molecular formula is C40H73N2O21P. The third-order valence-electron chi connectivity index (χ3n) is 9.09. The second-order valence-corrected chi connectivity index (χ2v) is 16.7. The van der Waals surface area contributed by atoms with Gasteiger partial charge in [0, 0.05) is 31.3 Å². The van der Waals surface area contributed by atoms with Crippen LogP contribution < -0.4 is 10.6 Å². The molecule has 24 heteroatoms. The lowest BCUT2D eigenvalue weighted by atomic mass is 9.95. The maximum absolute atomic E-state index is 12.8. The van der Waals surface area contributed by atoms with Crippen molar-refractivity contribution in [1.29, 1.82) is 0 Å². The number of aliphatic hydroxyl groups is 5. The summed E-state index contributed by atoms with van der Waals surface area (Å²) in [7, 11) is -4.63. The molecule has 0 heterocycles. The van der Waals surface area contributed by atoms with Gasteiger partial charge in [-0.25, -0.2) is 9.59 Å². The van der Waals surface area contributed by atoms with E-state index in [9.17, 15) is 48.8 Å². The fourth-order valence-corrected chi connectivity index (χ4v) is 5.62. The smallest absolute Gasteiger partial charge is 0.372 e. The predicted octanol–water partition coefficient (Wildman–Crippen LogP) is 0.843. The van der Waals surface area contributed by atoms with Gasteiger partial charge in [-0.3, -0.25) is 14.2 Å². The summed E-state index contributed by atoms with van der Waals surface area (Å²) in [5.74, 6) is -6.90. The second kappa shape index (κ2) is 34.1. The molecule has 0 aromatic heterocycles. The van der Waals surface area contributed by atoms with Crippen LogP contribution in [0.4, 0.5) is 0 Å². The van der Waals surface area contributed by atoms with Gasteiger partial charge in [0.2, 0.25) is 11.8 Å². The Labute approximate surface area is 374 Å². The fourth-order valence-electron chi connectivity index (χ4n) is 5.32. The molecule has 2 amide bonds. The molecule has 0 fully saturated rings. The van der Waals surface area contributed by atoms with E-state index < -0.39 is 97.7 Å². The maximum Gasteiger partial charge on any atom is 0.372 e. The Balaban J connectivity index is 5.19. The molecule has 0 bridgehead atoms. The summed E-state index contributed by atoms with van der Waals surface area (Å²) < 4.78 is 60.1. The van der Waals surface area contributed by atoms with Crippen LogP contribution in [0.15, 0.2) is 24.7 Å². The van der Waals surface area contributed by atoms with Crippen LogP contribution in [0.2, 0.25) is 0 Å². The minimum absolute atomic E-state index is 0.0166. The van der Waals surface area contributed by atoms with Gasteiger partial charge >= 0.3 is 19.5 Å². The van der Waals surface area contributed by atoms with Crippen molar-refractivity contribution in [2.75, 3.05) is 72.6 Å². The standard InChI is InChI=1S/C40H73N2O21P/c1-9-31(37(48)42-12-14-56-16-18-59-40(51)28(6)44)20-32(45)19-26(4)60-24-34(63-33(10-2)21-35(46)62-30(8)64(52,53)54)23-57-22-25(3)38(49)61-29(7)36(47)41-11-13-55-15-17-58-39(50)27(5)43/h25-26,29-35,38,43-46,49H,5-6,9-24H2,1-4,7-8H3,(H,41,47)(H,42,48)(H2,52,53,54). The van der Waals surface area contributed by atoms with Gasteiger partial charge in [-0.1, -0.05) is 20.8 Å². The summed E-state index contributed by atoms with van der Waals surface area (Å²) in [6.07, 6.45) is -6.03. The van der Waals surface area contributed by atoms with E-state index in [-0.39, 0.29) is 97.7 Å². The summed E-state index contributed by atoms with van der Waals surface area (Å²) in [5, 5.41) is 55.1. The van der Waals surface area contributed by atoms with E-state index in [0.717, 1.165) is 6.92 Å². The highest BCUT2D eigenvalue weighted by molar-refractivity contribution is 7.52. The first-order valence-electron chi connectivity index (χ1n) is 21.1. The van der Waals surface area contributed by atoms with Gasteiger partial charge in [0.05, 0.1) is 64.6 Å². The number of carbonyl (C=O) groups excluding carboxylic acids is 4. The van der Waals surface area contributed by atoms with E-state index in [1.807, 2.05) is 6.92 Å². The molecule has 0 radical (unpaired) electrons. The van der Waals surface area contributed by atoms with E-state index in [1.54, 1.807) is 20.8 Å². The third kappa shape index (κ3) is 29.3. The molecule has 374 valence electrons. The molecule has 0 aliphatic rings. The van der Waals surface area contributed by atoms with Gasteiger partial charge < -0.3 is 88.6 Å². The van der Waals surface area contributed by atoms with E-state index in [4.69, 9.17) is 48.1 Å². The molecule has 10 unspecified atom stereocenters. The van der Waals surface area contributed by atoms with Crippen LogP contribution >= 0.6 is 7.60 Å². The maximum atomic E-state index is 12.8. The molecule has 0 spiro atoms. The number of ether oxygens (including phenoxy) is 9. The lowest BCUT2D eigenvalue weighted by Gasteiger charge is -2.29. The third-order valence-corrected chi connectivity index (χ3v) is 10.2. The van der Waals surface area contributed by atoms with Crippen molar-refractivity contribution in [2.24, 2.45) is 11.8 Å². The largest absolute Gasteiger partial charge is 0.502 e. The van der Waals surface area contributed by atoms with Gasteiger partial charge in [0.25, 0.3) is 0 Å². The number of hydrogen-bond donors (Lipinski definition) is 9. The number of esters is 2. The van der Waals surface area contributed by atoms with Crippen molar-refractivity contribution >= 4 is 31.3 Å². The zero-order valence-electron chi connectivity index (χ0n) is 37.8. The number of hydrogen-bond acceptors (Lipinski definition) is 19. The summed E-state index contributed by atoms with van der Waals surface area (Å²) in [4.78, 5) is 66.3. The molecule has 0 aromatic rings. The van der Waals surface area contributed by atoms with Crippen molar-refractivity contribution in [2.45, 2.75) is 123 Å². The molecule has 9 N–H and O–H groups in total. The normalized spacial score (nSPS) is 16.5. The highest BCUT2D eigenvalue weighted by atomic mass is 31.2. The van der Waals surface area contributed by atoms with E-state index in [2.05, 4.69) is 28.5 Å². The number of aliphatic hydroxyl groups excluding tert-OH is 5. The van der Waals surface area contributed by atoms with Crippen LogP contribution in [-0.4, -0.2) is 181 Å². The van der Waals surface area contributed by atoms with E-state index in [1.165, 1.54) is 6.92 Å². The van der Waals surface area contributed by atoms with Crippen molar-refractivity contribution in [3.63, 3.8) is 0 Å². The first-order valence-corrected chi connectivity index (χ1v) is 22.8. The Morgan fingerprint density at radius 2 is 1.19 bits per heavy atom. The molecule has 0 saturated carbocycles. The number of carbonyl (C=O) groups is 4. The summed E-state index contributed by atoms with van der Waals surface area (Å²) >= 11 is 0. The summed E-state index contributed by atoms with van der Waals surface area (Å²) in [6, 6.07) is 0. The molecule has 0 aliphatic carbocycles. The van der Waals surface area contributed by atoms with Gasteiger partial charge in [-0.15, -0.1) is 0 Å². The molecule has 0 aromatic carbocycles.